The lowest BCUT2D eigenvalue weighted by Gasteiger charge is -2.35. The highest BCUT2D eigenvalue weighted by Gasteiger charge is 2.48. The van der Waals surface area contributed by atoms with E-state index in [9.17, 15) is 0 Å². The summed E-state index contributed by atoms with van der Waals surface area (Å²) in [4.78, 5) is 4.93. The average molecular weight is 905 g/mol. The summed E-state index contributed by atoms with van der Waals surface area (Å²) in [5.74, 6) is 0. The van der Waals surface area contributed by atoms with Crippen molar-refractivity contribution in [2.45, 2.75) is 5.41 Å². The van der Waals surface area contributed by atoms with Crippen LogP contribution in [0.5, 0.6) is 0 Å². The van der Waals surface area contributed by atoms with Crippen LogP contribution < -0.4 is 9.80 Å². The van der Waals surface area contributed by atoms with E-state index in [0.717, 1.165) is 45.3 Å². The predicted octanol–water partition coefficient (Wildman–Crippen LogP) is 18.6. The van der Waals surface area contributed by atoms with Crippen LogP contribution in [0.3, 0.4) is 0 Å². The molecule has 0 N–H and O–H groups in total. The normalized spacial score (nSPS) is 12.3. The summed E-state index contributed by atoms with van der Waals surface area (Å²) in [5, 5.41) is 4.81. The first-order valence-corrected chi connectivity index (χ1v) is 24.5. The summed E-state index contributed by atoms with van der Waals surface area (Å²) < 4.78 is 0. The van der Waals surface area contributed by atoms with Crippen molar-refractivity contribution < 1.29 is 0 Å². The highest BCUT2D eigenvalue weighted by atomic mass is 15.2. The molecule has 0 amide bonds. The van der Waals surface area contributed by atoms with Crippen molar-refractivity contribution in [3.05, 3.63) is 313 Å². The van der Waals surface area contributed by atoms with E-state index in [2.05, 4.69) is 301 Å². The molecule has 2 heteroatoms. The molecule has 13 rings (SSSR count). The Labute approximate surface area is 415 Å². The fraction of sp³-hybridized carbons (Fsp3) is 0.0145. The van der Waals surface area contributed by atoms with Gasteiger partial charge >= 0.3 is 0 Å². The molecule has 71 heavy (non-hydrogen) atoms. The van der Waals surface area contributed by atoms with E-state index in [0.29, 0.717) is 0 Å². The first kappa shape index (κ1) is 41.9. The summed E-state index contributed by atoms with van der Waals surface area (Å²) in [6, 6.07) is 107. The van der Waals surface area contributed by atoms with E-state index in [4.69, 9.17) is 0 Å². The van der Waals surface area contributed by atoms with Crippen LogP contribution in [0.25, 0.3) is 54.9 Å². The van der Waals surface area contributed by atoms with Gasteiger partial charge in [0.25, 0.3) is 0 Å². The van der Waals surface area contributed by atoms with E-state index >= 15 is 0 Å². The highest BCUT2D eigenvalue weighted by molar-refractivity contribution is 6.18. The molecular weight excluding hydrogens is 857 g/mol. The largest absolute Gasteiger partial charge is 0.310 e. The molecule has 0 fully saturated rings. The molecular formula is C69H48N2. The van der Waals surface area contributed by atoms with E-state index in [-0.39, 0.29) is 0 Å². The zero-order chi connectivity index (χ0) is 47.1. The van der Waals surface area contributed by atoms with Crippen LogP contribution in [0.4, 0.5) is 34.1 Å². The smallest absolute Gasteiger partial charge is 0.0714 e. The zero-order valence-corrected chi connectivity index (χ0v) is 39.1. The van der Waals surface area contributed by atoms with Crippen molar-refractivity contribution >= 4 is 55.7 Å². The van der Waals surface area contributed by atoms with Gasteiger partial charge in [0.05, 0.1) is 11.1 Å². The Morgan fingerprint density at radius 1 is 0.254 bits per heavy atom. The lowest BCUT2D eigenvalue weighted by atomic mass is 9.67. The second kappa shape index (κ2) is 17.7. The predicted molar refractivity (Wildman–Crippen MR) is 299 cm³/mol. The summed E-state index contributed by atoms with van der Waals surface area (Å²) in [7, 11) is 0. The Balaban J connectivity index is 1.19. The van der Waals surface area contributed by atoms with Crippen molar-refractivity contribution in [2.24, 2.45) is 0 Å². The third-order valence-corrected chi connectivity index (χ3v) is 14.5. The van der Waals surface area contributed by atoms with E-state index in [1.54, 1.807) is 0 Å². The number of benzene rings is 12. The molecule has 0 unspecified atom stereocenters. The topological polar surface area (TPSA) is 6.48 Å². The fourth-order valence-corrected chi connectivity index (χ4v) is 11.5. The molecule has 0 aliphatic heterocycles. The van der Waals surface area contributed by atoms with Crippen molar-refractivity contribution in [1.29, 1.82) is 0 Å². The summed E-state index contributed by atoms with van der Waals surface area (Å²) in [6.45, 7) is 0. The third kappa shape index (κ3) is 7.03. The van der Waals surface area contributed by atoms with Gasteiger partial charge in [0.1, 0.15) is 0 Å². The minimum atomic E-state index is -0.633. The number of para-hydroxylation sites is 2. The van der Waals surface area contributed by atoms with Gasteiger partial charge in [-0.1, -0.05) is 231 Å². The number of hydrogen-bond acceptors (Lipinski definition) is 2. The number of rotatable bonds is 10. The van der Waals surface area contributed by atoms with Gasteiger partial charge in [0, 0.05) is 39.4 Å². The van der Waals surface area contributed by atoms with Gasteiger partial charge in [0.15, 0.2) is 0 Å². The van der Waals surface area contributed by atoms with Gasteiger partial charge in [-0.15, -0.1) is 0 Å². The molecule has 0 spiro atoms. The minimum Gasteiger partial charge on any atom is -0.310 e. The van der Waals surface area contributed by atoms with Crippen LogP contribution in [0.15, 0.2) is 291 Å². The molecule has 0 aromatic heterocycles. The Kier molecular flexibility index (Phi) is 10.4. The zero-order valence-electron chi connectivity index (χ0n) is 39.1. The monoisotopic (exact) mass is 904 g/mol. The van der Waals surface area contributed by atoms with E-state index in [1.807, 2.05) is 0 Å². The SMILES string of the molecule is c1ccc(-c2ccc(N(c3cccc(N(c4ccccc4)c4ccccc4)c3)c3c4c(cc5c3ccc3ccccc35)C(c3ccccc3)(c3ccccc3)c3ccccc3-4)cc2-c2ccccc2)cc1. The third-order valence-electron chi connectivity index (χ3n) is 14.5. The second-order valence-corrected chi connectivity index (χ2v) is 18.4. The maximum absolute atomic E-state index is 2.57. The molecule has 1 aliphatic rings. The quantitative estimate of drug-likeness (QED) is 0.126. The molecule has 334 valence electrons. The number of anilines is 6. The maximum Gasteiger partial charge on any atom is 0.0714 e. The maximum atomic E-state index is 2.57. The summed E-state index contributed by atoms with van der Waals surface area (Å²) >= 11 is 0. The second-order valence-electron chi connectivity index (χ2n) is 18.4. The molecule has 1 aliphatic carbocycles. The van der Waals surface area contributed by atoms with Crippen molar-refractivity contribution in [3.8, 4) is 33.4 Å². The Hall–Kier alpha value is -9.24. The van der Waals surface area contributed by atoms with Crippen LogP contribution in [0.2, 0.25) is 0 Å². The fourth-order valence-electron chi connectivity index (χ4n) is 11.5. The van der Waals surface area contributed by atoms with Gasteiger partial charge in [0.2, 0.25) is 0 Å². The molecule has 0 atom stereocenters. The van der Waals surface area contributed by atoms with Gasteiger partial charge < -0.3 is 9.80 Å². The molecule has 0 saturated carbocycles. The summed E-state index contributed by atoms with van der Waals surface area (Å²) in [6.07, 6.45) is 0. The molecule has 0 heterocycles. The van der Waals surface area contributed by atoms with Crippen molar-refractivity contribution in [1.82, 2.24) is 0 Å². The first-order valence-electron chi connectivity index (χ1n) is 24.5. The van der Waals surface area contributed by atoms with E-state index in [1.165, 1.54) is 66.1 Å². The van der Waals surface area contributed by atoms with E-state index < -0.39 is 5.41 Å². The molecule has 0 bridgehead atoms. The van der Waals surface area contributed by atoms with Crippen molar-refractivity contribution in [2.75, 3.05) is 9.80 Å². The van der Waals surface area contributed by atoms with Crippen LogP contribution in [-0.2, 0) is 5.41 Å². The Morgan fingerprint density at radius 3 is 1.38 bits per heavy atom. The lowest BCUT2D eigenvalue weighted by molar-refractivity contribution is 0.769. The van der Waals surface area contributed by atoms with Crippen LogP contribution in [0, 0.1) is 0 Å². The Morgan fingerprint density at radius 2 is 0.746 bits per heavy atom. The summed E-state index contributed by atoms with van der Waals surface area (Å²) in [5.41, 5.74) is 18.0. The van der Waals surface area contributed by atoms with Gasteiger partial charge in [-0.2, -0.15) is 0 Å². The standard InChI is InChI=1S/C69H48N2/c1-7-24-49(25-8-1)60-45-43-58(47-63(60)50-26-9-2-10-27-50)71(57-38-23-37-56(46-57)70(54-33-15-5-16-34-54)55-35-17-6-18-36-55)68-61-44-42-51-28-19-20-39-59(51)64(61)48-66-67(68)62-40-21-22-41-65(62)69(66,52-29-11-3-12-30-52)53-31-13-4-14-32-53/h1-48H. The van der Waals surface area contributed by atoms with Crippen LogP contribution in [0.1, 0.15) is 22.3 Å². The number of fused-ring (bicyclic) bond motifs is 6. The molecule has 2 nitrogen and oxygen atoms in total. The molecule has 0 saturated heterocycles. The average Bonchev–Trinajstić information content (AvgIpc) is 3.75. The van der Waals surface area contributed by atoms with Gasteiger partial charge in [-0.05, 0) is 127 Å². The van der Waals surface area contributed by atoms with Crippen LogP contribution in [-0.4, -0.2) is 0 Å². The molecule has 12 aromatic carbocycles. The van der Waals surface area contributed by atoms with Crippen LogP contribution >= 0.6 is 0 Å². The Bertz CT molecular complexity index is 3780. The molecule has 0 radical (unpaired) electrons. The minimum absolute atomic E-state index is 0.633. The molecule has 12 aromatic rings. The highest BCUT2D eigenvalue weighted by Crippen LogP contribution is 2.62. The number of nitrogens with zero attached hydrogens (tertiary/aromatic N) is 2. The van der Waals surface area contributed by atoms with Gasteiger partial charge in [-0.25, -0.2) is 0 Å². The number of hydrogen-bond donors (Lipinski definition) is 0. The van der Waals surface area contributed by atoms with Gasteiger partial charge in [-0.3, -0.25) is 0 Å². The first-order chi connectivity index (χ1) is 35.3. The lowest BCUT2D eigenvalue weighted by Crippen LogP contribution is -2.28. The van der Waals surface area contributed by atoms with Crippen molar-refractivity contribution in [3.63, 3.8) is 0 Å².